The third-order valence-electron chi connectivity index (χ3n) is 3.47. The number of ether oxygens (including phenoxy) is 1. The van der Waals surface area contributed by atoms with Crippen LogP contribution in [0.15, 0.2) is 24.3 Å². The number of hydrogen-bond acceptors (Lipinski definition) is 2. The Kier molecular flexibility index (Phi) is 4.84. The zero-order chi connectivity index (χ0) is 12.1. The number of likely N-dealkylation sites (N-methyl/N-ethyl adjacent to an activating group) is 1. The Morgan fingerprint density at radius 3 is 3.06 bits per heavy atom. The second kappa shape index (κ2) is 6.39. The third kappa shape index (κ3) is 3.44. The lowest BCUT2D eigenvalue weighted by Gasteiger charge is -2.30. The Balaban J connectivity index is 2.15. The topological polar surface area (TPSA) is 21.3 Å². The fourth-order valence-electron chi connectivity index (χ4n) is 2.60. The summed E-state index contributed by atoms with van der Waals surface area (Å²) >= 11 is 6.08. The van der Waals surface area contributed by atoms with Crippen LogP contribution in [0.1, 0.15) is 24.3 Å². The summed E-state index contributed by atoms with van der Waals surface area (Å²) in [7, 11) is 2.00. The molecule has 0 amide bonds. The molecule has 2 unspecified atom stereocenters. The van der Waals surface area contributed by atoms with Gasteiger partial charge in [-0.25, -0.2) is 0 Å². The van der Waals surface area contributed by atoms with Gasteiger partial charge < -0.3 is 10.1 Å². The number of halogens is 1. The summed E-state index contributed by atoms with van der Waals surface area (Å²) in [6.45, 7) is 2.77. The van der Waals surface area contributed by atoms with Crippen LogP contribution >= 0.6 is 11.6 Å². The predicted molar refractivity (Wildman–Crippen MR) is 71.7 cm³/mol. The van der Waals surface area contributed by atoms with Gasteiger partial charge in [0.1, 0.15) is 0 Å². The Labute approximate surface area is 108 Å². The molecule has 1 aromatic rings. The van der Waals surface area contributed by atoms with E-state index < -0.39 is 0 Å². The lowest BCUT2D eigenvalue weighted by Crippen LogP contribution is -2.30. The van der Waals surface area contributed by atoms with Crippen molar-refractivity contribution in [2.75, 3.05) is 26.8 Å². The SMILES string of the molecule is CNCC(c1cccc(Cl)c1)C1CCCOC1. The average molecular weight is 254 g/mol. The number of rotatable bonds is 4. The van der Waals surface area contributed by atoms with Gasteiger partial charge in [0, 0.05) is 24.1 Å². The van der Waals surface area contributed by atoms with Gasteiger partial charge >= 0.3 is 0 Å². The third-order valence-corrected chi connectivity index (χ3v) is 3.70. The molecule has 2 nitrogen and oxygen atoms in total. The van der Waals surface area contributed by atoms with Crippen LogP contribution in [-0.4, -0.2) is 26.8 Å². The number of benzene rings is 1. The van der Waals surface area contributed by atoms with Gasteiger partial charge in [-0.1, -0.05) is 23.7 Å². The van der Waals surface area contributed by atoms with Crippen molar-refractivity contribution < 1.29 is 4.74 Å². The van der Waals surface area contributed by atoms with Gasteiger partial charge in [0.15, 0.2) is 0 Å². The first-order valence-electron chi connectivity index (χ1n) is 6.29. The molecule has 0 radical (unpaired) electrons. The molecule has 3 heteroatoms. The molecule has 2 rings (SSSR count). The molecule has 0 aliphatic carbocycles. The largest absolute Gasteiger partial charge is 0.381 e. The highest BCUT2D eigenvalue weighted by Crippen LogP contribution is 2.31. The van der Waals surface area contributed by atoms with E-state index in [2.05, 4.69) is 17.4 Å². The Morgan fingerprint density at radius 1 is 1.53 bits per heavy atom. The lowest BCUT2D eigenvalue weighted by atomic mass is 9.82. The molecule has 1 heterocycles. The van der Waals surface area contributed by atoms with E-state index in [9.17, 15) is 0 Å². The van der Waals surface area contributed by atoms with Gasteiger partial charge in [-0.15, -0.1) is 0 Å². The lowest BCUT2D eigenvalue weighted by molar-refractivity contribution is 0.0442. The zero-order valence-corrected chi connectivity index (χ0v) is 11.0. The molecule has 1 aromatic carbocycles. The highest BCUT2D eigenvalue weighted by atomic mass is 35.5. The Bertz CT molecular complexity index is 350. The monoisotopic (exact) mass is 253 g/mol. The van der Waals surface area contributed by atoms with E-state index in [4.69, 9.17) is 16.3 Å². The minimum atomic E-state index is 0.499. The van der Waals surface area contributed by atoms with Crippen molar-refractivity contribution in [1.82, 2.24) is 5.32 Å². The highest BCUT2D eigenvalue weighted by Gasteiger charge is 2.25. The van der Waals surface area contributed by atoms with E-state index in [1.165, 1.54) is 18.4 Å². The maximum atomic E-state index is 6.08. The molecule has 17 heavy (non-hydrogen) atoms. The number of nitrogens with one attached hydrogen (secondary N) is 1. The van der Waals surface area contributed by atoms with Crippen molar-refractivity contribution in [3.8, 4) is 0 Å². The smallest absolute Gasteiger partial charge is 0.0500 e. The van der Waals surface area contributed by atoms with Crippen molar-refractivity contribution in [2.24, 2.45) is 5.92 Å². The van der Waals surface area contributed by atoms with Gasteiger partial charge in [0.25, 0.3) is 0 Å². The van der Waals surface area contributed by atoms with E-state index in [0.29, 0.717) is 11.8 Å². The number of hydrogen-bond donors (Lipinski definition) is 1. The van der Waals surface area contributed by atoms with E-state index in [0.717, 1.165) is 24.8 Å². The molecule has 1 saturated heterocycles. The van der Waals surface area contributed by atoms with Crippen LogP contribution in [0, 0.1) is 5.92 Å². The van der Waals surface area contributed by atoms with Gasteiger partial charge in [-0.3, -0.25) is 0 Å². The molecule has 0 bridgehead atoms. The minimum Gasteiger partial charge on any atom is -0.381 e. The summed E-state index contributed by atoms with van der Waals surface area (Å²) in [5.41, 5.74) is 1.32. The van der Waals surface area contributed by atoms with Crippen molar-refractivity contribution in [3.05, 3.63) is 34.9 Å². The van der Waals surface area contributed by atoms with Crippen molar-refractivity contribution in [2.45, 2.75) is 18.8 Å². The standard InChI is InChI=1S/C14H20ClNO/c1-16-9-14(12-5-3-7-17-10-12)11-4-2-6-13(15)8-11/h2,4,6,8,12,14,16H,3,5,7,9-10H2,1H3. The molecule has 0 spiro atoms. The van der Waals surface area contributed by atoms with Crippen LogP contribution in [0.25, 0.3) is 0 Å². The van der Waals surface area contributed by atoms with Crippen LogP contribution in [-0.2, 0) is 4.74 Å². The second-order valence-corrected chi connectivity index (χ2v) is 5.13. The highest BCUT2D eigenvalue weighted by molar-refractivity contribution is 6.30. The van der Waals surface area contributed by atoms with Crippen LogP contribution in [0.3, 0.4) is 0 Å². The first-order chi connectivity index (χ1) is 8.31. The molecule has 1 fully saturated rings. The van der Waals surface area contributed by atoms with Crippen molar-refractivity contribution in [3.63, 3.8) is 0 Å². The summed E-state index contributed by atoms with van der Waals surface area (Å²) in [4.78, 5) is 0. The first kappa shape index (κ1) is 12.9. The average Bonchev–Trinajstić information content (AvgIpc) is 2.37. The molecule has 1 aliphatic heterocycles. The van der Waals surface area contributed by atoms with E-state index >= 15 is 0 Å². The summed E-state index contributed by atoms with van der Waals surface area (Å²) in [5.74, 6) is 1.11. The molecule has 0 aromatic heterocycles. The molecular weight excluding hydrogens is 234 g/mol. The Hall–Kier alpha value is -0.570. The van der Waals surface area contributed by atoms with Gasteiger partial charge in [-0.05, 0) is 43.5 Å². The molecule has 2 atom stereocenters. The minimum absolute atomic E-state index is 0.499. The van der Waals surface area contributed by atoms with E-state index in [1.807, 2.05) is 19.2 Å². The normalized spacial score (nSPS) is 22.4. The fourth-order valence-corrected chi connectivity index (χ4v) is 2.80. The molecule has 94 valence electrons. The van der Waals surface area contributed by atoms with Gasteiger partial charge in [-0.2, -0.15) is 0 Å². The van der Waals surface area contributed by atoms with Crippen LogP contribution in [0.4, 0.5) is 0 Å². The van der Waals surface area contributed by atoms with E-state index in [-0.39, 0.29) is 0 Å². The quantitative estimate of drug-likeness (QED) is 0.891. The summed E-state index contributed by atoms with van der Waals surface area (Å²) < 4.78 is 5.60. The molecular formula is C14H20ClNO. The van der Waals surface area contributed by atoms with Crippen LogP contribution in [0.2, 0.25) is 5.02 Å². The predicted octanol–water partition coefficient (Wildman–Crippen LogP) is 3.07. The van der Waals surface area contributed by atoms with Gasteiger partial charge in [0.2, 0.25) is 0 Å². The molecule has 1 N–H and O–H groups in total. The summed E-state index contributed by atoms with van der Waals surface area (Å²) in [5, 5.41) is 4.10. The second-order valence-electron chi connectivity index (χ2n) is 4.70. The first-order valence-corrected chi connectivity index (χ1v) is 6.67. The Morgan fingerprint density at radius 2 is 2.41 bits per heavy atom. The van der Waals surface area contributed by atoms with Crippen LogP contribution in [0.5, 0.6) is 0 Å². The maximum absolute atomic E-state index is 6.08. The van der Waals surface area contributed by atoms with Gasteiger partial charge in [0.05, 0.1) is 6.61 Å². The molecule has 1 aliphatic rings. The molecule has 0 saturated carbocycles. The van der Waals surface area contributed by atoms with E-state index in [1.54, 1.807) is 0 Å². The summed E-state index contributed by atoms with van der Waals surface area (Å²) in [6, 6.07) is 8.21. The maximum Gasteiger partial charge on any atom is 0.0500 e. The summed E-state index contributed by atoms with van der Waals surface area (Å²) in [6.07, 6.45) is 2.42. The van der Waals surface area contributed by atoms with Crippen molar-refractivity contribution in [1.29, 1.82) is 0 Å². The van der Waals surface area contributed by atoms with Crippen LogP contribution < -0.4 is 5.32 Å². The zero-order valence-electron chi connectivity index (χ0n) is 10.3. The van der Waals surface area contributed by atoms with Crippen molar-refractivity contribution >= 4 is 11.6 Å². The fraction of sp³-hybridized carbons (Fsp3) is 0.571.